The summed E-state index contributed by atoms with van der Waals surface area (Å²) in [5.74, 6) is 0.953. The summed E-state index contributed by atoms with van der Waals surface area (Å²) in [6, 6.07) is 0.535. The van der Waals surface area contributed by atoms with E-state index in [0.717, 1.165) is 42.8 Å². The van der Waals surface area contributed by atoms with Gasteiger partial charge < -0.3 is 10.1 Å². The molecule has 0 bridgehead atoms. The van der Waals surface area contributed by atoms with Crippen molar-refractivity contribution in [3.8, 4) is 0 Å². The minimum absolute atomic E-state index is 0.460. The fourth-order valence-electron chi connectivity index (χ4n) is 1.88. The summed E-state index contributed by atoms with van der Waals surface area (Å²) in [6.07, 6.45) is 2.00. The van der Waals surface area contributed by atoms with Gasteiger partial charge in [0.2, 0.25) is 0 Å². The molecule has 96 valence electrons. The zero-order valence-electron chi connectivity index (χ0n) is 10.3. The van der Waals surface area contributed by atoms with Gasteiger partial charge in [-0.2, -0.15) is 4.37 Å². The minimum Gasteiger partial charge on any atom is -0.380 e. The normalized spacial score (nSPS) is 25.1. The average Bonchev–Trinajstić information content (AvgIpc) is 2.80. The maximum atomic E-state index is 5.56. The summed E-state index contributed by atoms with van der Waals surface area (Å²) in [5, 5.41) is 3.99. The second-order valence-corrected chi connectivity index (χ2v) is 6.25. The Morgan fingerprint density at radius 3 is 3.12 bits per heavy atom. The van der Waals surface area contributed by atoms with E-state index in [-0.39, 0.29) is 0 Å². The van der Waals surface area contributed by atoms with Gasteiger partial charge in [0.15, 0.2) is 4.34 Å². The first-order valence-corrected chi connectivity index (χ1v) is 7.79. The lowest BCUT2D eigenvalue weighted by atomic mass is 10.1. The smallest absolute Gasteiger partial charge is 0.170 e. The Morgan fingerprint density at radius 2 is 2.41 bits per heavy atom. The van der Waals surface area contributed by atoms with E-state index < -0.39 is 0 Å². The molecule has 2 atom stereocenters. The van der Waals surface area contributed by atoms with Gasteiger partial charge in [-0.3, -0.25) is 0 Å². The molecule has 4 nitrogen and oxygen atoms in total. The molecule has 0 amide bonds. The Balaban J connectivity index is 1.95. The average molecular weight is 273 g/mol. The van der Waals surface area contributed by atoms with Crippen LogP contribution in [0.3, 0.4) is 0 Å². The van der Waals surface area contributed by atoms with Crippen LogP contribution < -0.4 is 5.32 Å². The van der Waals surface area contributed by atoms with Crippen LogP contribution in [-0.2, 0) is 11.2 Å². The summed E-state index contributed by atoms with van der Waals surface area (Å²) in [6.45, 7) is 6.92. The van der Waals surface area contributed by atoms with Crippen molar-refractivity contribution in [1.82, 2.24) is 14.7 Å². The molecule has 2 unspecified atom stereocenters. The molecule has 1 fully saturated rings. The topological polar surface area (TPSA) is 47.0 Å². The SMILES string of the molecule is CCNC1CCOCC1Sc1nc(CC)ns1. The van der Waals surface area contributed by atoms with Gasteiger partial charge in [-0.25, -0.2) is 4.98 Å². The molecule has 1 aromatic rings. The fourth-order valence-corrected chi connectivity index (χ4v) is 4.01. The Bertz CT molecular complexity index is 343. The summed E-state index contributed by atoms with van der Waals surface area (Å²) >= 11 is 3.31. The van der Waals surface area contributed by atoms with E-state index in [9.17, 15) is 0 Å². The van der Waals surface area contributed by atoms with Crippen LogP contribution in [0.25, 0.3) is 0 Å². The second-order valence-electron chi connectivity index (χ2n) is 4.01. The first-order chi connectivity index (χ1) is 8.33. The number of hydrogen-bond donors (Lipinski definition) is 1. The van der Waals surface area contributed by atoms with Crippen LogP contribution in [0.4, 0.5) is 0 Å². The number of nitrogens with one attached hydrogen (secondary N) is 1. The van der Waals surface area contributed by atoms with Crippen LogP contribution in [0, 0.1) is 0 Å². The monoisotopic (exact) mass is 273 g/mol. The van der Waals surface area contributed by atoms with E-state index in [4.69, 9.17) is 4.74 Å². The molecule has 6 heteroatoms. The third-order valence-electron chi connectivity index (χ3n) is 2.79. The lowest BCUT2D eigenvalue weighted by Crippen LogP contribution is -2.44. The highest BCUT2D eigenvalue weighted by Crippen LogP contribution is 2.30. The van der Waals surface area contributed by atoms with Gasteiger partial charge >= 0.3 is 0 Å². The molecule has 0 saturated carbocycles. The zero-order chi connectivity index (χ0) is 12.1. The van der Waals surface area contributed by atoms with Crippen molar-refractivity contribution in [3.05, 3.63) is 5.82 Å². The molecule has 0 aromatic carbocycles. The molecule has 2 heterocycles. The van der Waals surface area contributed by atoms with Gasteiger partial charge in [0.1, 0.15) is 5.82 Å². The summed E-state index contributed by atoms with van der Waals surface area (Å²) in [4.78, 5) is 4.50. The van der Waals surface area contributed by atoms with Crippen LogP contribution in [0.5, 0.6) is 0 Å². The zero-order valence-corrected chi connectivity index (χ0v) is 11.9. The van der Waals surface area contributed by atoms with Gasteiger partial charge in [-0.1, -0.05) is 25.6 Å². The Kier molecular flexibility index (Phi) is 5.21. The van der Waals surface area contributed by atoms with Gasteiger partial charge in [-0.15, -0.1) is 0 Å². The van der Waals surface area contributed by atoms with Crippen molar-refractivity contribution < 1.29 is 4.74 Å². The lowest BCUT2D eigenvalue weighted by Gasteiger charge is -2.30. The highest BCUT2D eigenvalue weighted by molar-refractivity contribution is 8.01. The molecule has 0 aliphatic carbocycles. The van der Waals surface area contributed by atoms with E-state index in [0.29, 0.717) is 11.3 Å². The fraction of sp³-hybridized carbons (Fsp3) is 0.818. The number of aromatic nitrogens is 2. The molecular formula is C11H19N3OS2. The Labute approximate surface area is 111 Å². The minimum atomic E-state index is 0.460. The Hall–Kier alpha value is -0.170. The molecule has 1 N–H and O–H groups in total. The van der Waals surface area contributed by atoms with Gasteiger partial charge in [0, 0.05) is 19.1 Å². The van der Waals surface area contributed by atoms with E-state index in [1.165, 1.54) is 11.5 Å². The van der Waals surface area contributed by atoms with Crippen molar-refractivity contribution >= 4 is 23.3 Å². The van der Waals surface area contributed by atoms with Crippen molar-refractivity contribution in [1.29, 1.82) is 0 Å². The van der Waals surface area contributed by atoms with Gasteiger partial charge in [0.25, 0.3) is 0 Å². The van der Waals surface area contributed by atoms with Crippen molar-refractivity contribution in [2.45, 2.75) is 42.3 Å². The first kappa shape index (κ1) is 13.3. The highest BCUT2D eigenvalue weighted by Gasteiger charge is 2.27. The van der Waals surface area contributed by atoms with Crippen LogP contribution >= 0.6 is 23.3 Å². The largest absolute Gasteiger partial charge is 0.380 e. The van der Waals surface area contributed by atoms with Crippen LogP contribution in [-0.4, -0.2) is 40.4 Å². The summed E-state index contributed by atoms with van der Waals surface area (Å²) in [5.41, 5.74) is 0. The third kappa shape index (κ3) is 3.64. The number of thioether (sulfide) groups is 1. The van der Waals surface area contributed by atoms with E-state index in [2.05, 4.69) is 28.5 Å². The number of ether oxygens (including phenoxy) is 1. The Morgan fingerprint density at radius 1 is 1.53 bits per heavy atom. The third-order valence-corrected chi connectivity index (χ3v) is 4.91. The van der Waals surface area contributed by atoms with Crippen molar-refractivity contribution in [3.63, 3.8) is 0 Å². The maximum Gasteiger partial charge on any atom is 0.170 e. The van der Waals surface area contributed by atoms with Gasteiger partial charge in [0.05, 0.1) is 11.9 Å². The number of aryl methyl sites for hydroxylation is 1. The number of nitrogens with zero attached hydrogens (tertiary/aromatic N) is 2. The molecule has 17 heavy (non-hydrogen) atoms. The molecule has 1 saturated heterocycles. The molecule has 2 rings (SSSR count). The van der Waals surface area contributed by atoms with Gasteiger partial charge in [-0.05, 0) is 24.5 Å². The molecule has 1 aliphatic rings. The summed E-state index contributed by atoms with van der Waals surface area (Å²) in [7, 11) is 0. The number of rotatable bonds is 5. The first-order valence-electron chi connectivity index (χ1n) is 6.13. The number of hydrogen-bond acceptors (Lipinski definition) is 6. The van der Waals surface area contributed by atoms with E-state index >= 15 is 0 Å². The van der Waals surface area contributed by atoms with Crippen LogP contribution in [0.2, 0.25) is 0 Å². The van der Waals surface area contributed by atoms with E-state index in [1.807, 2.05) is 0 Å². The lowest BCUT2D eigenvalue weighted by molar-refractivity contribution is 0.0837. The predicted octanol–water partition coefficient (Wildman–Crippen LogP) is 1.96. The molecule has 0 spiro atoms. The highest BCUT2D eigenvalue weighted by atomic mass is 32.2. The standard InChI is InChI=1S/C11H19N3OS2/c1-3-10-13-11(17-14-10)16-9-7-15-6-5-8(9)12-4-2/h8-9,12H,3-7H2,1-2H3. The quantitative estimate of drug-likeness (QED) is 0.888. The van der Waals surface area contributed by atoms with Crippen LogP contribution in [0.15, 0.2) is 4.34 Å². The molecule has 0 radical (unpaired) electrons. The maximum absolute atomic E-state index is 5.56. The molecular weight excluding hydrogens is 254 g/mol. The van der Waals surface area contributed by atoms with Crippen molar-refractivity contribution in [2.24, 2.45) is 0 Å². The molecule has 1 aliphatic heterocycles. The predicted molar refractivity (Wildman–Crippen MR) is 71.8 cm³/mol. The summed E-state index contributed by atoms with van der Waals surface area (Å²) < 4.78 is 10.9. The van der Waals surface area contributed by atoms with Crippen molar-refractivity contribution in [2.75, 3.05) is 19.8 Å². The van der Waals surface area contributed by atoms with Crippen LogP contribution in [0.1, 0.15) is 26.1 Å². The second kappa shape index (κ2) is 6.68. The molecule has 1 aromatic heterocycles. The van der Waals surface area contributed by atoms with E-state index in [1.54, 1.807) is 11.8 Å².